The number of halogens is 2. The molecule has 1 aliphatic rings. The molecular formula is C13H15Cl2NO3. The zero-order chi connectivity index (χ0) is 14.2. The third kappa shape index (κ3) is 2.53. The van der Waals surface area contributed by atoms with Crippen molar-refractivity contribution in [3.05, 3.63) is 27.7 Å². The highest BCUT2D eigenvalue weighted by atomic mass is 35.5. The molecule has 2 rings (SSSR count). The van der Waals surface area contributed by atoms with Gasteiger partial charge in [-0.05, 0) is 19.1 Å². The number of rotatable bonds is 3. The predicted octanol–water partition coefficient (Wildman–Crippen LogP) is 2.40. The second-order valence-corrected chi connectivity index (χ2v) is 5.44. The molecule has 1 fully saturated rings. The third-order valence-corrected chi connectivity index (χ3v) is 4.43. The predicted molar refractivity (Wildman–Crippen MR) is 73.7 cm³/mol. The fourth-order valence-corrected chi connectivity index (χ4v) is 3.07. The van der Waals surface area contributed by atoms with E-state index in [4.69, 9.17) is 28.3 Å². The van der Waals surface area contributed by atoms with Gasteiger partial charge < -0.3 is 15.1 Å². The summed E-state index contributed by atoms with van der Waals surface area (Å²) in [7, 11) is 0. The van der Waals surface area contributed by atoms with E-state index in [-0.39, 0.29) is 48.2 Å². The molecule has 1 amide bonds. The first-order chi connectivity index (χ1) is 8.97. The van der Waals surface area contributed by atoms with Crippen LogP contribution in [0.25, 0.3) is 0 Å². The third-order valence-electron chi connectivity index (χ3n) is 3.61. The molecule has 1 aromatic carbocycles. The van der Waals surface area contributed by atoms with E-state index in [1.807, 2.05) is 6.92 Å². The maximum Gasteiger partial charge on any atom is 0.223 e. The van der Waals surface area contributed by atoms with Crippen LogP contribution in [-0.4, -0.2) is 40.2 Å². The summed E-state index contributed by atoms with van der Waals surface area (Å²) >= 11 is 12.1. The number of aliphatic hydroxyl groups excluding tert-OH is 1. The van der Waals surface area contributed by atoms with Gasteiger partial charge in [-0.3, -0.25) is 4.79 Å². The molecule has 19 heavy (non-hydrogen) atoms. The topological polar surface area (TPSA) is 60.8 Å². The summed E-state index contributed by atoms with van der Waals surface area (Å²) in [6, 6.07) is 2.87. The van der Waals surface area contributed by atoms with E-state index in [2.05, 4.69) is 0 Å². The van der Waals surface area contributed by atoms with Crippen LogP contribution in [0, 0.1) is 0 Å². The number of aliphatic hydroxyl groups is 1. The van der Waals surface area contributed by atoms with Gasteiger partial charge in [0.1, 0.15) is 5.75 Å². The zero-order valence-electron chi connectivity index (χ0n) is 10.4. The smallest absolute Gasteiger partial charge is 0.223 e. The number of carbonyl (C=O) groups excluding carboxylic acids is 1. The van der Waals surface area contributed by atoms with Gasteiger partial charge in [0.2, 0.25) is 5.91 Å². The van der Waals surface area contributed by atoms with Crippen molar-refractivity contribution in [2.75, 3.05) is 13.2 Å². The number of carbonyl (C=O) groups is 1. The van der Waals surface area contributed by atoms with Crippen molar-refractivity contribution < 1.29 is 15.0 Å². The summed E-state index contributed by atoms with van der Waals surface area (Å²) in [5.41, 5.74) is 0.510. The Morgan fingerprint density at radius 1 is 1.42 bits per heavy atom. The summed E-state index contributed by atoms with van der Waals surface area (Å²) < 4.78 is 0. The molecule has 4 nitrogen and oxygen atoms in total. The van der Waals surface area contributed by atoms with Gasteiger partial charge in [-0.25, -0.2) is 0 Å². The minimum Gasteiger partial charge on any atom is -0.508 e. The normalized spacial score (nSPS) is 23.2. The maximum atomic E-state index is 11.9. The molecule has 0 aromatic heterocycles. The SMILES string of the molecule is CC1[C@@H](c2c(O)ccc(Cl)c2Cl)CC(=O)N1CCO. The first-order valence-corrected chi connectivity index (χ1v) is 6.80. The van der Waals surface area contributed by atoms with Gasteiger partial charge in [-0.1, -0.05) is 23.2 Å². The van der Waals surface area contributed by atoms with E-state index in [0.717, 1.165) is 0 Å². The fourth-order valence-electron chi connectivity index (χ4n) is 2.61. The van der Waals surface area contributed by atoms with Gasteiger partial charge in [-0.15, -0.1) is 0 Å². The van der Waals surface area contributed by atoms with Crippen molar-refractivity contribution in [1.82, 2.24) is 4.90 Å². The van der Waals surface area contributed by atoms with E-state index in [1.54, 1.807) is 4.90 Å². The molecule has 6 heteroatoms. The molecule has 0 aliphatic carbocycles. The number of benzene rings is 1. The lowest BCUT2D eigenvalue weighted by Crippen LogP contribution is -2.34. The largest absolute Gasteiger partial charge is 0.508 e. The number of phenols is 1. The lowest BCUT2D eigenvalue weighted by atomic mass is 9.91. The van der Waals surface area contributed by atoms with Gasteiger partial charge in [0.05, 0.1) is 16.7 Å². The first-order valence-electron chi connectivity index (χ1n) is 6.04. The van der Waals surface area contributed by atoms with E-state index >= 15 is 0 Å². The molecule has 0 bridgehead atoms. The van der Waals surface area contributed by atoms with Crippen molar-refractivity contribution in [3.63, 3.8) is 0 Å². The van der Waals surface area contributed by atoms with Gasteiger partial charge in [0.25, 0.3) is 0 Å². The second kappa shape index (κ2) is 5.57. The van der Waals surface area contributed by atoms with Crippen LogP contribution in [0.4, 0.5) is 0 Å². The average molecular weight is 304 g/mol. The lowest BCUT2D eigenvalue weighted by molar-refractivity contribution is -0.129. The minimum absolute atomic E-state index is 0.0462. The molecule has 0 spiro atoms. The Labute approximate surface area is 121 Å². The molecule has 1 aliphatic heterocycles. The van der Waals surface area contributed by atoms with Gasteiger partial charge in [-0.2, -0.15) is 0 Å². The Bertz CT molecular complexity index is 507. The van der Waals surface area contributed by atoms with Crippen molar-refractivity contribution >= 4 is 29.1 Å². The number of nitrogens with zero attached hydrogens (tertiary/aromatic N) is 1. The van der Waals surface area contributed by atoms with Crippen molar-refractivity contribution in [1.29, 1.82) is 0 Å². The van der Waals surface area contributed by atoms with E-state index in [1.165, 1.54) is 12.1 Å². The Hall–Kier alpha value is -0.970. The number of likely N-dealkylation sites (tertiary alicyclic amines) is 1. The van der Waals surface area contributed by atoms with Crippen LogP contribution in [-0.2, 0) is 4.79 Å². The number of hydrogen-bond donors (Lipinski definition) is 2. The van der Waals surface area contributed by atoms with Crippen LogP contribution in [0.15, 0.2) is 12.1 Å². The maximum absolute atomic E-state index is 11.9. The number of amides is 1. The molecule has 1 saturated heterocycles. The minimum atomic E-state index is -0.217. The molecule has 0 radical (unpaired) electrons. The summed E-state index contributed by atoms with van der Waals surface area (Å²) in [6.07, 6.45) is 0.259. The molecule has 1 unspecified atom stereocenters. The Morgan fingerprint density at radius 2 is 2.11 bits per heavy atom. The van der Waals surface area contributed by atoms with E-state index in [9.17, 15) is 9.90 Å². The van der Waals surface area contributed by atoms with E-state index in [0.29, 0.717) is 10.6 Å². The highest BCUT2D eigenvalue weighted by Gasteiger charge is 2.39. The number of β-amino-alcohol motifs (C(OH)–C–C–N with tert-alkyl or cyclic N) is 1. The zero-order valence-corrected chi connectivity index (χ0v) is 11.9. The molecule has 2 atom stereocenters. The summed E-state index contributed by atoms with van der Waals surface area (Å²) in [6.45, 7) is 2.08. The number of aromatic hydroxyl groups is 1. The van der Waals surface area contributed by atoms with Crippen LogP contribution in [0.3, 0.4) is 0 Å². The highest BCUT2D eigenvalue weighted by Crippen LogP contribution is 2.44. The average Bonchev–Trinajstić information content (AvgIpc) is 2.63. The molecule has 2 N–H and O–H groups in total. The Kier molecular flexibility index (Phi) is 4.23. The second-order valence-electron chi connectivity index (χ2n) is 4.66. The van der Waals surface area contributed by atoms with Gasteiger partial charge in [0, 0.05) is 30.5 Å². The monoisotopic (exact) mass is 303 g/mol. The van der Waals surface area contributed by atoms with Crippen molar-refractivity contribution in [3.8, 4) is 5.75 Å². The van der Waals surface area contributed by atoms with Crippen LogP contribution in [0.1, 0.15) is 24.8 Å². The van der Waals surface area contributed by atoms with Crippen molar-refractivity contribution in [2.45, 2.75) is 25.3 Å². The van der Waals surface area contributed by atoms with Crippen LogP contribution in [0.2, 0.25) is 10.0 Å². The molecular weight excluding hydrogens is 289 g/mol. The van der Waals surface area contributed by atoms with Gasteiger partial charge >= 0.3 is 0 Å². The van der Waals surface area contributed by atoms with Crippen LogP contribution < -0.4 is 0 Å². The summed E-state index contributed by atoms with van der Waals surface area (Å²) in [5, 5.41) is 19.6. The Morgan fingerprint density at radius 3 is 2.74 bits per heavy atom. The fraction of sp³-hybridized carbons (Fsp3) is 0.462. The van der Waals surface area contributed by atoms with E-state index < -0.39 is 0 Å². The standard InChI is InChI=1S/C13H15Cl2NO3/c1-7-8(6-11(19)16(7)4-5-17)12-10(18)3-2-9(14)13(12)15/h2-3,7-8,17-18H,4-6H2,1H3/t7?,8-/m0/s1. The molecule has 0 saturated carbocycles. The van der Waals surface area contributed by atoms with Crippen LogP contribution >= 0.6 is 23.2 Å². The quantitative estimate of drug-likeness (QED) is 0.901. The first kappa shape index (κ1) is 14.4. The summed E-state index contributed by atoms with van der Waals surface area (Å²) in [5.74, 6) is -0.225. The number of phenolic OH excluding ortho intramolecular Hbond substituents is 1. The summed E-state index contributed by atoms with van der Waals surface area (Å²) in [4.78, 5) is 13.5. The molecule has 1 heterocycles. The Balaban J connectivity index is 2.39. The number of hydrogen-bond acceptors (Lipinski definition) is 3. The molecule has 1 aromatic rings. The van der Waals surface area contributed by atoms with Crippen LogP contribution in [0.5, 0.6) is 5.75 Å². The lowest BCUT2D eigenvalue weighted by Gasteiger charge is -2.25. The van der Waals surface area contributed by atoms with Gasteiger partial charge in [0.15, 0.2) is 0 Å². The highest BCUT2D eigenvalue weighted by molar-refractivity contribution is 6.42. The molecule has 104 valence electrons. The van der Waals surface area contributed by atoms with Crippen molar-refractivity contribution in [2.24, 2.45) is 0 Å².